The zero-order chi connectivity index (χ0) is 32.8. The predicted octanol–water partition coefficient (Wildman–Crippen LogP) is 13.9. The van der Waals surface area contributed by atoms with Crippen molar-refractivity contribution in [3.63, 3.8) is 0 Å². The second-order valence-electron chi connectivity index (χ2n) is 13.2. The summed E-state index contributed by atoms with van der Waals surface area (Å²) >= 11 is 0. The van der Waals surface area contributed by atoms with E-state index in [-0.39, 0.29) is 0 Å². The van der Waals surface area contributed by atoms with Crippen molar-refractivity contribution in [1.29, 1.82) is 0 Å². The van der Waals surface area contributed by atoms with Gasteiger partial charge in [-0.05, 0) is 107 Å². The van der Waals surface area contributed by atoms with E-state index in [4.69, 9.17) is 8.83 Å². The molecule has 0 radical (unpaired) electrons. The molecule has 0 aliphatic heterocycles. The summed E-state index contributed by atoms with van der Waals surface area (Å²) in [5, 5.41) is 13.0. The minimum absolute atomic E-state index is 0.777. The van der Waals surface area contributed by atoms with Crippen LogP contribution in [0.25, 0.3) is 109 Å². The van der Waals surface area contributed by atoms with Crippen LogP contribution >= 0.6 is 0 Å². The van der Waals surface area contributed by atoms with Gasteiger partial charge in [0.25, 0.3) is 0 Å². The van der Waals surface area contributed by atoms with E-state index >= 15 is 0 Å². The van der Waals surface area contributed by atoms with E-state index in [2.05, 4.69) is 164 Å². The monoisotopic (exact) mass is 636 g/mol. The molecule has 2 heterocycles. The molecule has 2 nitrogen and oxygen atoms in total. The second-order valence-corrected chi connectivity index (χ2v) is 13.2. The van der Waals surface area contributed by atoms with Crippen LogP contribution in [0.15, 0.2) is 179 Å². The molecule has 0 atom stereocenters. The molecule has 0 bridgehead atoms. The Morgan fingerprint density at radius 1 is 0.320 bits per heavy atom. The van der Waals surface area contributed by atoms with Gasteiger partial charge >= 0.3 is 0 Å². The first-order chi connectivity index (χ1) is 24.8. The van der Waals surface area contributed by atoms with Crippen LogP contribution in [-0.2, 0) is 0 Å². The fraction of sp³-hybridized carbons (Fsp3) is 0. The molecule has 9 aromatic carbocycles. The molecule has 2 aromatic heterocycles. The zero-order valence-electron chi connectivity index (χ0n) is 27.0. The highest BCUT2D eigenvalue weighted by Gasteiger charge is 2.20. The predicted molar refractivity (Wildman–Crippen MR) is 210 cm³/mol. The van der Waals surface area contributed by atoms with Crippen LogP contribution < -0.4 is 0 Å². The largest absolute Gasteiger partial charge is 0.460 e. The third-order valence-corrected chi connectivity index (χ3v) is 10.5. The van der Waals surface area contributed by atoms with Crippen LogP contribution in [0.1, 0.15) is 0 Å². The first kappa shape index (κ1) is 27.3. The maximum atomic E-state index is 6.71. The first-order valence-electron chi connectivity index (χ1n) is 17.1. The third-order valence-electron chi connectivity index (χ3n) is 10.5. The smallest absolute Gasteiger partial charge is 0.178 e. The molecule has 0 saturated heterocycles. The molecule has 0 aliphatic rings. The Bertz CT molecular complexity index is 3100. The Labute approximate surface area is 287 Å². The Morgan fingerprint density at radius 3 is 1.44 bits per heavy atom. The SMILES string of the molecule is c1ccc2cc(-c3c4ccccc4c(-c4ccc5c(c4)oc4c5ccc5c(-c6ccc7ccccc7c6)coc54)c4ccccc34)ccc2c1. The molecular weight excluding hydrogens is 609 g/mol. The lowest BCUT2D eigenvalue weighted by Gasteiger charge is -2.18. The summed E-state index contributed by atoms with van der Waals surface area (Å²) in [6, 6.07) is 59.0. The van der Waals surface area contributed by atoms with Crippen molar-refractivity contribution in [3.8, 4) is 33.4 Å². The highest BCUT2D eigenvalue weighted by Crippen LogP contribution is 2.46. The van der Waals surface area contributed by atoms with Gasteiger partial charge in [-0.3, -0.25) is 0 Å². The van der Waals surface area contributed by atoms with Crippen molar-refractivity contribution in [1.82, 2.24) is 0 Å². The topological polar surface area (TPSA) is 26.3 Å². The molecule has 11 aromatic rings. The summed E-state index contributed by atoms with van der Waals surface area (Å²) in [6.45, 7) is 0. The van der Waals surface area contributed by atoms with Gasteiger partial charge in [-0.25, -0.2) is 0 Å². The quantitative estimate of drug-likeness (QED) is 0.180. The van der Waals surface area contributed by atoms with Gasteiger partial charge in [0.1, 0.15) is 5.58 Å². The molecule has 0 spiro atoms. The Hall–Kier alpha value is -6.64. The lowest BCUT2D eigenvalue weighted by molar-refractivity contribution is 0.600. The average molecular weight is 637 g/mol. The standard InChI is InChI=1S/C48H28O2/c1-3-11-31-25-33(19-17-29(31)9-1)43-28-49-47-42(43)24-23-41-36-22-21-35(27-44(36)50-48(41)47)46-39-15-7-5-13-37(39)45(38-14-6-8-16-40(38)46)34-20-18-30-10-2-4-12-32(30)26-34/h1-28H. The van der Waals surface area contributed by atoms with Gasteiger partial charge in [0.05, 0.1) is 6.26 Å². The number of benzene rings is 9. The number of hydrogen-bond donors (Lipinski definition) is 0. The van der Waals surface area contributed by atoms with Crippen molar-refractivity contribution in [2.45, 2.75) is 0 Å². The normalized spacial score (nSPS) is 12.0. The van der Waals surface area contributed by atoms with E-state index < -0.39 is 0 Å². The third kappa shape index (κ3) is 3.96. The molecule has 2 heteroatoms. The van der Waals surface area contributed by atoms with Crippen molar-refractivity contribution in [2.75, 3.05) is 0 Å². The van der Waals surface area contributed by atoms with Crippen molar-refractivity contribution in [2.24, 2.45) is 0 Å². The van der Waals surface area contributed by atoms with Gasteiger partial charge in [0.15, 0.2) is 11.2 Å². The van der Waals surface area contributed by atoms with Crippen LogP contribution in [0, 0.1) is 0 Å². The van der Waals surface area contributed by atoms with Gasteiger partial charge < -0.3 is 8.83 Å². The fourth-order valence-corrected chi connectivity index (χ4v) is 8.16. The molecule has 0 aliphatic carbocycles. The van der Waals surface area contributed by atoms with Crippen LogP contribution in [0.5, 0.6) is 0 Å². The summed E-state index contributed by atoms with van der Waals surface area (Å²) < 4.78 is 13.0. The van der Waals surface area contributed by atoms with E-state index in [1.807, 2.05) is 6.26 Å². The van der Waals surface area contributed by atoms with Gasteiger partial charge in [0.2, 0.25) is 0 Å². The summed E-state index contributed by atoms with van der Waals surface area (Å²) in [5.74, 6) is 0. The van der Waals surface area contributed by atoms with E-state index in [1.165, 1.54) is 59.8 Å². The van der Waals surface area contributed by atoms with Crippen LogP contribution in [-0.4, -0.2) is 0 Å². The Balaban J connectivity index is 1.11. The number of rotatable bonds is 3. The maximum Gasteiger partial charge on any atom is 0.178 e. The molecule has 0 unspecified atom stereocenters. The summed E-state index contributed by atoms with van der Waals surface area (Å²) in [7, 11) is 0. The van der Waals surface area contributed by atoms with Crippen molar-refractivity contribution in [3.05, 3.63) is 170 Å². The van der Waals surface area contributed by atoms with Gasteiger partial charge in [0, 0.05) is 21.7 Å². The lowest BCUT2D eigenvalue weighted by Crippen LogP contribution is -1.90. The zero-order valence-corrected chi connectivity index (χ0v) is 27.0. The minimum Gasteiger partial charge on any atom is -0.460 e. The second kappa shape index (κ2) is 10.4. The van der Waals surface area contributed by atoms with Gasteiger partial charge in [-0.2, -0.15) is 0 Å². The number of hydrogen-bond acceptors (Lipinski definition) is 2. The van der Waals surface area contributed by atoms with Gasteiger partial charge in [-0.15, -0.1) is 0 Å². The molecule has 11 rings (SSSR count). The van der Waals surface area contributed by atoms with Crippen molar-refractivity contribution >= 4 is 76.0 Å². The van der Waals surface area contributed by atoms with Gasteiger partial charge in [-0.1, -0.05) is 127 Å². The highest BCUT2D eigenvalue weighted by molar-refractivity contribution is 6.23. The fourth-order valence-electron chi connectivity index (χ4n) is 8.16. The number of fused-ring (bicyclic) bond motifs is 9. The molecule has 0 amide bonds. The molecule has 0 saturated carbocycles. The van der Waals surface area contributed by atoms with E-state index in [1.54, 1.807) is 0 Å². The molecular formula is C48H28O2. The Morgan fingerprint density at radius 2 is 0.800 bits per heavy atom. The van der Waals surface area contributed by atoms with Crippen molar-refractivity contribution < 1.29 is 8.83 Å². The minimum atomic E-state index is 0.777. The lowest BCUT2D eigenvalue weighted by atomic mass is 9.85. The number of furan rings is 2. The summed E-state index contributed by atoms with van der Waals surface area (Å²) in [4.78, 5) is 0. The van der Waals surface area contributed by atoms with Crippen LogP contribution in [0.2, 0.25) is 0 Å². The summed E-state index contributed by atoms with van der Waals surface area (Å²) in [5.41, 5.74) is 9.43. The summed E-state index contributed by atoms with van der Waals surface area (Å²) in [6.07, 6.45) is 1.86. The molecule has 232 valence electrons. The molecule has 0 fully saturated rings. The van der Waals surface area contributed by atoms with Crippen LogP contribution in [0.3, 0.4) is 0 Å². The first-order valence-corrected chi connectivity index (χ1v) is 17.1. The van der Waals surface area contributed by atoms with Crippen LogP contribution in [0.4, 0.5) is 0 Å². The maximum absolute atomic E-state index is 6.71. The van der Waals surface area contributed by atoms with E-state index in [0.717, 1.165) is 49.6 Å². The average Bonchev–Trinajstić information content (AvgIpc) is 3.78. The van der Waals surface area contributed by atoms with E-state index in [9.17, 15) is 0 Å². The van der Waals surface area contributed by atoms with E-state index in [0.29, 0.717) is 0 Å². The Kier molecular flexibility index (Phi) is 5.70. The molecule has 0 N–H and O–H groups in total. The molecule has 50 heavy (non-hydrogen) atoms. The highest BCUT2D eigenvalue weighted by atomic mass is 16.4.